The second-order valence-electron chi connectivity index (χ2n) is 6.26. The molecule has 1 aromatic rings. The van der Waals surface area contributed by atoms with Gasteiger partial charge in [-0.1, -0.05) is 18.2 Å². The summed E-state index contributed by atoms with van der Waals surface area (Å²) in [6, 6.07) is 4.41. The highest BCUT2D eigenvalue weighted by atomic mass is 16.5. The summed E-state index contributed by atoms with van der Waals surface area (Å²) < 4.78 is 12.3. The van der Waals surface area contributed by atoms with Crippen molar-refractivity contribution in [3.05, 3.63) is 46.5 Å². The predicted molar refractivity (Wildman–Crippen MR) is 75.3 cm³/mol. The molecule has 2 atom stereocenters. The van der Waals surface area contributed by atoms with Crippen molar-refractivity contribution in [3.63, 3.8) is 0 Å². The highest BCUT2D eigenvalue weighted by Gasteiger charge is 2.48. The molecule has 0 aliphatic carbocycles. The van der Waals surface area contributed by atoms with Crippen LogP contribution in [0.15, 0.2) is 29.9 Å². The van der Waals surface area contributed by atoms with Crippen molar-refractivity contribution in [2.24, 2.45) is 0 Å². The van der Waals surface area contributed by atoms with Gasteiger partial charge < -0.3 is 9.47 Å². The van der Waals surface area contributed by atoms with Gasteiger partial charge in [-0.25, -0.2) is 0 Å². The van der Waals surface area contributed by atoms with Crippen molar-refractivity contribution in [3.8, 4) is 5.75 Å². The minimum absolute atomic E-state index is 0.101. The van der Waals surface area contributed by atoms with Gasteiger partial charge in [0.25, 0.3) is 0 Å². The van der Waals surface area contributed by atoms with E-state index in [0.29, 0.717) is 0 Å². The Labute approximate surface area is 113 Å². The standard InChI is InChI=1S/C17H18O2/c1-9-7-10(2)16-11(8-9)14-12-5-6-13(18-12)15(14)17(3,4)19-16/h5-8,12-13H,1-4H3. The van der Waals surface area contributed by atoms with E-state index in [0.717, 1.165) is 5.75 Å². The molecule has 2 nitrogen and oxygen atoms in total. The minimum atomic E-state index is -0.285. The van der Waals surface area contributed by atoms with Crippen LogP contribution < -0.4 is 4.74 Å². The van der Waals surface area contributed by atoms with Crippen LogP contribution in [-0.4, -0.2) is 17.8 Å². The van der Waals surface area contributed by atoms with Crippen molar-refractivity contribution in [2.75, 3.05) is 0 Å². The largest absolute Gasteiger partial charge is 0.482 e. The molecule has 98 valence electrons. The lowest BCUT2D eigenvalue weighted by Crippen LogP contribution is -2.38. The molecule has 0 saturated carbocycles. The van der Waals surface area contributed by atoms with Crippen LogP contribution in [0.4, 0.5) is 0 Å². The molecule has 3 aliphatic heterocycles. The Morgan fingerprint density at radius 3 is 2.58 bits per heavy atom. The zero-order valence-corrected chi connectivity index (χ0v) is 11.8. The lowest BCUT2D eigenvalue weighted by Gasteiger charge is -2.37. The van der Waals surface area contributed by atoms with Gasteiger partial charge in [-0.2, -0.15) is 0 Å². The maximum absolute atomic E-state index is 6.30. The number of rotatable bonds is 0. The number of hydrogen-bond acceptors (Lipinski definition) is 2. The Morgan fingerprint density at radius 2 is 1.79 bits per heavy atom. The Kier molecular flexibility index (Phi) is 1.97. The first-order valence-corrected chi connectivity index (χ1v) is 6.86. The van der Waals surface area contributed by atoms with Crippen LogP contribution in [0.25, 0.3) is 5.57 Å². The van der Waals surface area contributed by atoms with E-state index in [1.807, 2.05) is 0 Å². The van der Waals surface area contributed by atoms with E-state index in [4.69, 9.17) is 9.47 Å². The first-order valence-electron chi connectivity index (χ1n) is 6.86. The summed E-state index contributed by atoms with van der Waals surface area (Å²) in [5, 5.41) is 0. The zero-order chi connectivity index (χ0) is 13.4. The Bertz CT molecular complexity index is 649. The monoisotopic (exact) mass is 254 g/mol. The lowest BCUT2D eigenvalue weighted by atomic mass is 9.79. The normalized spacial score (nSPS) is 29.3. The molecule has 0 radical (unpaired) electrons. The molecule has 1 aromatic carbocycles. The van der Waals surface area contributed by atoms with Gasteiger partial charge >= 0.3 is 0 Å². The minimum Gasteiger partial charge on any atom is -0.482 e. The van der Waals surface area contributed by atoms with Crippen LogP contribution in [0.1, 0.15) is 30.5 Å². The molecule has 4 rings (SSSR count). The van der Waals surface area contributed by atoms with Crippen LogP contribution in [0, 0.1) is 13.8 Å². The van der Waals surface area contributed by atoms with Crippen molar-refractivity contribution in [1.82, 2.24) is 0 Å². The third kappa shape index (κ3) is 1.35. The smallest absolute Gasteiger partial charge is 0.131 e. The molecule has 0 N–H and O–H groups in total. The zero-order valence-electron chi connectivity index (χ0n) is 11.8. The second kappa shape index (κ2) is 3.31. The molecule has 0 saturated heterocycles. The summed E-state index contributed by atoms with van der Waals surface area (Å²) in [6.45, 7) is 8.54. The van der Waals surface area contributed by atoms with E-state index >= 15 is 0 Å². The molecule has 3 aliphatic rings. The highest BCUT2D eigenvalue weighted by Crippen LogP contribution is 2.52. The number of ether oxygens (including phenoxy) is 2. The molecule has 2 heteroatoms. The van der Waals surface area contributed by atoms with Gasteiger partial charge in [0, 0.05) is 16.7 Å². The SMILES string of the molecule is Cc1cc(C)c2c(c1)C1=C(C3C=CC1O3)C(C)(C)O2. The van der Waals surface area contributed by atoms with Crippen molar-refractivity contribution < 1.29 is 9.47 Å². The third-order valence-corrected chi connectivity index (χ3v) is 4.33. The van der Waals surface area contributed by atoms with Crippen LogP contribution in [0.2, 0.25) is 0 Å². The topological polar surface area (TPSA) is 18.5 Å². The summed E-state index contributed by atoms with van der Waals surface area (Å²) in [5.41, 5.74) is 6.07. The van der Waals surface area contributed by atoms with Gasteiger partial charge in [-0.05, 0) is 44.9 Å². The van der Waals surface area contributed by atoms with Crippen LogP contribution in [0.5, 0.6) is 5.75 Å². The maximum Gasteiger partial charge on any atom is 0.131 e. The van der Waals surface area contributed by atoms with Crippen molar-refractivity contribution in [2.45, 2.75) is 45.5 Å². The lowest BCUT2D eigenvalue weighted by molar-refractivity contribution is 0.0943. The summed E-state index contributed by atoms with van der Waals surface area (Å²) >= 11 is 0. The summed E-state index contributed by atoms with van der Waals surface area (Å²) in [7, 11) is 0. The van der Waals surface area contributed by atoms with Gasteiger partial charge in [0.2, 0.25) is 0 Å². The van der Waals surface area contributed by atoms with Crippen LogP contribution >= 0.6 is 0 Å². The summed E-state index contributed by atoms with van der Waals surface area (Å²) in [4.78, 5) is 0. The summed E-state index contributed by atoms with van der Waals surface area (Å²) in [5.74, 6) is 1.03. The van der Waals surface area contributed by atoms with E-state index in [2.05, 4.69) is 52.0 Å². The summed E-state index contributed by atoms with van der Waals surface area (Å²) in [6.07, 6.45) is 4.54. The predicted octanol–water partition coefficient (Wildman–Crippen LogP) is 3.57. The maximum atomic E-state index is 6.30. The first-order chi connectivity index (χ1) is 8.97. The average Bonchev–Trinajstić information content (AvgIpc) is 2.91. The molecule has 3 heterocycles. The average molecular weight is 254 g/mol. The fraction of sp³-hybridized carbons (Fsp3) is 0.412. The second-order valence-corrected chi connectivity index (χ2v) is 6.26. The van der Waals surface area contributed by atoms with Crippen LogP contribution in [-0.2, 0) is 4.74 Å². The van der Waals surface area contributed by atoms with E-state index < -0.39 is 0 Å². The van der Waals surface area contributed by atoms with Crippen LogP contribution in [0.3, 0.4) is 0 Å². The van der Waals surface area contributed by atoms with E-state index in [1.165, 1.54) is 27.8 Å². The molecule has 0 spiro atoms. The quantitative estimate of drug-likeness (QED) is 0.659. The van der Waals surface area contributed by atoms with E-state index in [1.54, 1.807) is 0 Å². The van der Waals surface area contributed by atoms with Gasteiger partial charge in [-0.15, -0.1) is 0 Å². The number of fused-ring (bicyclic) bond motifs is 6. The first kappa shape index (κ1) is 11.3. The fourth-order valence-corrected chi connectivity index (χ4v) is 3.65. The fourth-order valence-electron chi connectivity index (χ4n) is 3.65. The highest BCUT2D eigenvalue weighted by molar-refractivity contribution is 5.85. The van der Waals surface area contributed by atoms with E-state index in [9.17, 15) is 0 Å². The van der Waals surface area contributed by atoms with Gasteiger partial charge in [0.05, 0.1) is 0 Å². The van der Waals surface area contributed by atoms with Crippen molar-refractivity contribution >= 4 is 5.57 Å². The Balaban J connectivity index is 2.03. The molecular formula is C17H18O2. The number of hydrogen-bond donors (Lipinski definition) is 0. The number of aryl methyl sites for hydroxylation is 2. The van der Waals surface area contributed by atoms with Crippen molar-refractivity contribution in [1.29, 1.82) is 0 Å². The van der Waals surface area contributed by atoms with Gasteiger partial charge in [0.1, 0.15) is 23.6 Å². The molecule has 0 fully saturated rings. The van der Waals surface area contributed by atoms with E-state index in [-0.39, 0.29) is 17.8 Å². The molecule has 2 bridgehead atoms. The third-order valence-electron chi connectivity index (χ3n) is 4.33. The molecule has 0 aromatic heterocycles. The van der Waals surface area contributed by atoms with Gasteiger partial charge in [0.15, 0.2) is 0 Å². The Hall–Kier alpha value is -1.54. The number of benzene rings is 1. The Morgan fingerprint density at radius 1 is 1.05 bits per heavy atom. The molecule has 0 amide bonds. The molecule has 19 heavy (non-hydrogen) atoms. The molecular weight excluding hydrogens is 236 g/mol. The van der Waals surface area contributed by atoms with Gasteiger partial charge in [-0.3, -0.25) is 0 Å². The molecule has 2 unspecified atom stereocenters.